The van der Waals surface area contributed by atoms with E-state index in [4.69, 9.17) is 9.15 Å². The lowest BCUT2D eigenvalue weighted by atomic mass is 9.99. The lowest BCUT2D eigenvalue weighted by Gasteiger charge is -2.11. The number of benzene rings is 2. The Morgan fingerprint density at radius 3 is 2.76 bits per heavy atom. The lowest BCUT2D eigenvalue weighted by Crippen LogP contribution is -2.02. The Kier molecular flexibility index (Phi) is 3.67. The average molecular weight is 282 g/mol. The summed E-state index contributed by atoms with van der Waals surface area (Å²) in [5.41, 5.74) is 2.72. The molecule has 0 aliphatic carbocycles. The van der Waals surface area contributed by atoms with Gasteiger partial charge in [-0.2, -0.15) is 0 Å². The first-order chi connectivity index (χ1) is 10.2. The second-order valence-electron chi connectivity index (χ2n) is 5.14. The summed E-state index contributed by atoms with van der Waals surface area (Å²) in [5, 5.41) is 11.6. The minimum absolute atomic E-state index is 0.529. The zero-order valence-corrected chi connectivity index (χ0v) is 12.2. The lowest BCUT2D eigenvalue weighted by molar-refractivity contribution is 0.177. The SMILES string of the molecule is COc1cccc(CC(O)c2c(C)oc3ccccc23)c1. The van der Waals surface area contributed by atoms with Crippen LogP contribution in [-0.2, 0) is 6.42 Å². The van der Waals surface area contributed by atoms with E-state index in [1.807, 2.05) is 55.5 Å². The van der Waals surface area contributed by atoms with Crippen molar-refractivity contribution >= 4 is 11.0 Å². The molecule has 1 N–H and O–H groups in total. The number of methoxy groups -OCH3 is 1. The summed E-state index contributed by atoms with van der Waals surface area (Å²) in [5.74, 6) is 1.57. The van der Waals surface area contributed by atoms with Crippen LogP contribution in [0.1, 0.15) is 23.0 Å². The van der Waals surface area contributed by atoms with Crippen LogP contribution in [0.3, 0.4) is 0 Å². The number of rotatable bonds is 4. The van der Waals surface area contributed by atoms with E-state index in [0.29, 0.717) is 6.42 Å². The summed E-state index contributed by atoms with van der Waals surface area (Å²) in [4.78, 5) is 0. The quantitative estimate of drug-likeness (QED) is 0.785. The van der Waals surface area contributed by atoms with Crippen LogP contribution in [0.15, 0.2) is 52.9 Å². The van der Waals surface area contributed by atoms with E-state index in [1.54, 1.807) is 7.11 Å². The summed E-state index contributed by atoms with van der Waals surface area (Å²) in [6.45, 7) is 1.89. The maximum Gasteiger partial charge on any atom is 0.134 e. The molecule has 0 fully saturated rings. The highest BCUT2D eigenvalue weighted by Crippen LogP contribution is 2.32. The van der Waals surface area contributed by atoms with Crippen LogP contribution in [0.25, 0.3) is 11.0 Å². The molecule has 0 bridgehead atoms. The second-order valence-corrected chi connectivity index (χ2v) is 5.14. The standard InChI is InChI=1S/C18H18O3/c1-12-18(15-8-3-4-9-17(15)21-12)16(19)11-13-6-5-7-14(10-13)20-2/h3-10,16,19H,11H2,1-2H3. The van der Waals surface area contributed by atoms with Crippen LogP contribution in [0.4, 0.5) is 0 Å². The van der Waals surface area contributed by atoms with Crippen molar-refractivity contribution in [1.29, 1.82) is 0 Å². The van der Waals surface area contributed by atoms with Gasteiger partial charge in [0.1, 0.15) is 17.1 Å². The largest absolute Gasteiger partial charge is 0.497 e. The Morgan fingerprint density at radius 2 is 1.95 bits per heavy atom. The molecule has 0 radical (unpaired) electrons. The summed E-state index contributed by atoms with van der Waals surface area (Å²) in [6, 6.07) is 15.6. The van der Waals surface area contributed by atoms with E-state index in [0.717, 1.165) is 33.6 Å². The summed E-state index contributed by atoms with van der Waals surface area (Å²) >= 11 is 0. The number of fused-ring (bicyclic) bond motifs is 1. The van der Waals surface area contributed by atoms with E-state index in [1.165, 1.54) is 0 Å². The number of hydrogen-bond donors (Lipinski definition) is 1. The molecule has 1 unspecified atom stereocenters. The van der Waals surface area contributed by atoms with Gasteiger partial charge in [0.15, 0.2) is 0 Å². The van der Waals surface area contributed by atoms with Crippen LogP contribution in [0.2, 0.25) is 0 Å². The smallest absolute Gasteiger partial charge is 0.134 e. The molecule has 3 heteroatoms. The molecular weight excluding hydrogens is 264 g/mol. The van der Waals surface area contributed by atoms with Gasteiger partial charge in [-0.15, -0.1) is 0 Å². The van der Waals surface area contributed by atoms with Crippen LogP contribution in [0.5, 0.6) is 5.75 Å². The van der Waals surface area contributed by atoms with E-state index in [-0.39, 0.29) is 0 Å². The molecule has 3 aromatic rings. The van der Waals surface area contributed by atoms with E-state index >= 15 is 0 Å². The molecule has 1 aromatic heterocycles. The minimum atomic E-state index is -0.597. The van der Waals surface area contributed by atoms with E-state index in [9.17, 15) is 5.11 Å². The molecule has 0 aliphatic heterocycles. The maximum absolute atomic E-state index is 10.6. The van der Waals surface area contributed by atoms with Gasteiger partial charge in [-0.05, 0) is 30.7 Å². The van der Waals surface area contributed by atoms with Crippen molar-refractivity contribution in [2.45, 2.75) is 19.4 Å². The second kappa shape index (κ2) is 5.62. The number of aryl methyl sites for hydroxylation is 1. The topological polar surface area (TPSA) is 42.6 Å². The van der Waals surface area contributed by atoms with Gasteiger partial charge in [-0.3, -0.25) is 0 Å². The highest BCUT2D eigenvalue weighted by Gasteiger charge is 2.18. The molecule has 3 rings (SSSR count). The molecule has 108 valence electrons. The van der Waals surface area contributed by atoms with Gasteiger partial charge in [0.05, 0.1) is 13.2 Å². The van der Waals surface area contributed by atoms with Crippen molar-refractivity contribution in [3.63, 3.8) is 0 Å². The molecule has 1 heterocycles. The molecule has 2 aromatic carbocycles. The average Bonchev–Trinajstić information content (AvgIpc) is 2.83. The van der Waals surface area contributed by atoms with Crippen molar-refractivity contribution < 1.29 is 14.3 Å². The van der Waals surface area contributed by atoms with Crippen molar-refractivity contribution in [2.24, 2.45) is 0 Å². The fourth-order valence-electron chi connectivity index (χ4n) is 2.73. The van der Waals surface area contributed by atoms with Crippen molar-refractivity contribution in [1.82, 2.24) is 0 Å². The molecule has 0 aliphatic rings. The molecule has 3 nitrogen and oxygen atoms in total. The molecule has 0 saturated carbocycles. The third-order valence-electron chi connectivity index (χ3n) is 3.72. The van der Waals surface area contributed by atoms with E-state index in [2.05, 4.69) is 0 Å². The van der Waals surface area contributed by atoms with Crippen molar-refractivity contribution in [3.8, 4) is 5.75 Å². The minimum Gasteiger partial charge on any atom is -0.497 e. The maximum atomic E-state index is 10.6. The fraction of sp³-hybridized carbons (Fsp3) is 0.222. The highest BCUT2D eigenvalue weighted by molar-refractivity contribution is 5.82. The molecule has 0 amide bonds. The third-order valence-corrected chi connectivity index (χ3v) is 3.72. The number of aliphatic hydroxyl groups excluding tert-OH is 1. The first kappa shape index (κ1) is 13.7. The van der Waals surface area contributed by atoms with Crippen LogP contribution in [0, 0.1) is 6.92 Å². The zero-order valence-electron chi connectivity index (χ0n) is 12.2. The summed E-state index contributed by atoms with van der Waals surface area (Å²) in [7, 11) is 1.64. The number of hydrogen-bond acceptors (Lipinski definition) is 3. The number of para-hydroxylation sites is 1. The Bertz CT molecular complexity index is 758. The van der Waals surface area contributed by atoms with E-state index < -0.39 is 6.10 Å². The predicted molar refractivity (Wildman–Crippen MR) is 82.6 cm³/mol. The van der Waals surface area contributed by atoms with Gasteiger partial charge in [-0.1, -0.05) is 30.3 Å². The van der Waals surface area contributed by atoms with Gasteiger partial charge in [-0.25, -0.2) is 0 Å². The summed E-state index contributed by atoms with van der Waals surface area (Å²) in [6.07, 6.45) is -0.0672. The third kappa shape index (κ3) is 2.65. The monoisotopic (exact) mass is 282 g/mol. The van der Waals surface area contributed by atoms with Gasteiger partial charge >= 0.3 is 0 Å². The van der Waals surface area contributed by atoms with Crippen molar-refractivity contribution in [3.05, 3.63) is 65.4 Å². The molecule has 0 saturated heterocycles. The normalized spacial score (nSPS) is 12.5. The van der Waals surface area contributed by atoms with Crippen LogP contribution < -0.4 is 4.74 Å². The van der Waals surface area contributed by atoms with Crippen LogP contribution >= 0.6 is 0 Å². The molecule has 0 spiro atoms. The zero-order chi connectivity index (χ0) is 14.8. The number of furan rings is 1. The van der Waals surface area contributed by atoms with Crippen LogP contribution in [-0.4, -0.2) is 12.2 Å². The number of ether oxygens (including phenoxy) is 1. The molecule has 21 heavy (non-hydrogen) atoms. The van der Waals surface area contributed by atoms with Gasteiger partial charge in [0.25, 0.3) is 0 Å². The van der Waals surface area contributed by atoms with Gasteiger partial charge in [0.2, 0.25) is 0 Å². The Hall–Kier alpha value is -2.26. The summed E-state index contributed by atoms with van der Waals surface area (Å²) < 4.78 is 10.9. The first-order valence-electron chi connectivity index (χ1n) is 6.98. The Balaban J connectivity index is 1.93. The Labute approximate surface area is 123 Å². The molecule has 1 atom stereocenters. The highest BCUT2D eigenvalue weighted by atomic mass is 16.5. The first-order valence-corrected chi connectivity index (χ1v) is 6.98. The van der Waals surface area contributed by atoms with Gasteiger partial charge < -0.3 is 14.3 Å². The Morgan fingerprint density at radius 1 is 1.14 bits per heavy atom. The predicted octanol–water partition coefficient (Wildman–Crippen LogP) is 4.03. The van der Waals surface area contributed by atoms with Crippen molar-refractivity contribution in [2.75, 3.05) is 7.11 Å². The molecular formula is C18H18O3. The fourth-order valence-corrected chi connectivity index (χ4v) is 2.73. The number of aliphatic hydroxyl groups is 1. The van der Waals surface area contributed by atoms with Gasteiger partial charge in [0, 0.05) is 17.4 Å².